The standard InChI is InChI=1S/C12H16O3S/c13-7-12(15)9-16-8-11(14)6-10-4-2-1-3-5-10/h1-5,12-13,15H,6-9H2. The van der Waals surface area contributed by atoms with Crippen molar-refractivity contribution < 1.29 is 15.0 Å². The number of rotatable bonds is 7. The first-order chi connectivity index (χ1) is 7.72. The molecule has 0 heterocycles. The molecule has 0 aliphatic heterocycles. The lowest BCUT2D eigenvalue weighted by atomic mass is 10.1. The molecule has 0 saturated carbocycles. The van der Waals surface area contributed by atoms with Crippen molar-refractivity contribution in [3.8, 4) is 0 Å². The van der Waals surface area contributed by atoms with E-state index in [1.54, 1.807) is 0 Å². The normalized spacial score (nSPS) is 12.4. The van der Waals surface area contributed by atoms with E-state index in [1.807, 2.05) is 30.3 Å². The maximum absolute atomic E-state index is 11.5. The molecule has 3 nitrogen and oxygen atoms in total. The van der Waals surface area contributed by atoms with E-state index in [1.165, 1.54) is 11.8 Å². The largest absolute Gasteiger partial charge is 0.394 e. The molecule has 2 N–H and O–H groups in total. The molecule has 0 bridgehead atoms. The van der Waals surface area contributed by atoms with Crippen LogP contribution in [0.4, 0.5) is 0 Å². The van der Waals surface area contributed by atoms with Gasteiger partial charge in [0, 0.05) is 12.2 Å². The van der Waals surface area contributed by atoms with Crippen LogP contribution in [0.5, 0.6) is 0 Å². The average Bonchev–Trinajstić information content (AvgIpc) is 2.30. The van der Waals surface area contributed by atoms with Gasteiger partial charge in [0.15, 0.2) is 0 Å². The molecule has 0 spiro atoms. The molecule has 0 amide bonds. The summed E-state index contributed by atoms with van der Waals surface area (Å²) in [6.45, 7) is -0.250. The minimum atomic E-state index is -0.727. The lowest BCUT2D eigenvalue weighted by molar-refractivity contribution is -0.116. The van der Waals surface area contributed by atoms with Crippen LogP contribution in [0, 0.1) is 0 Å². The Labute approximate surface area is 99.5 Å². The first kappa shape index (κ1) is 13.2. The Kier molecular flexibility index (Phi) is 6.15. The highest BCUT2D eigenvalue weighted by Crippen LogP contribution is 2.06. The number of Topliss-reactive ketones (excluding diaryl/α,β-unsaturated/α-hetero) is 1. The van der Waals surface area contributed by atoms with E-state index < -0.39 is 6.10 Å². The number of benzene rings is 1. The van der Waals surface area contributed by atoms with Crippen LogP contribution in [-0.2, 0) is 11.2 Å². The molecule has 1 unspecified atom stereocenters. The summed E-state index contributed by atoms with van der Waals surface area (Å²) in [6, 6.07) is 9.58. The molecule has 0 aliphatic carbocycles. The summed E-state index contributed by atoms with van der Waals surface area (Å²) < 4.78 is 0. The molecule has 88 valence electrons. The van der Waals surface area contributed by atoms with Crippen molar-refractivity contribution in [2.45, 2.75) is 12.5 Å². The number of carbonyl (C=O) groups is 1. The Morgan fingerprint density at radius 2 is 2.00 bits per heavy atom. The number of aliphatic hydroxyl groups excluding tert-OH is 2. The Bertz CT molecular complexity index is 313. The van der Waals surface area contributed by atoms with E-state index >= 15 is 0 Å². The summed E-state index contributed by atoms with van der Waals surface area (Å²) in [6.07, 6.45) is -0.294. The second-order valence-corrected chi connectivity index (χ2v) is 4.58. The van der Waals surface area contributed by atoms with Gasteiger partial charge in [-0.1, -0.05) is 30.3 Å². The van der Waals surface area contributed by atoms with Gasteiger partial charge in [0.1, 0.15) is 5.78 Å². The second kappa shape index (κ2) is 7.44. The summed E-state index contributed by atoms with van der Waals surface area (Å²) in [5.41, 5.74) is 1.01. The summed E-state index contributed by atoms with van der Waals surface area (Å²) in [5.74, 6) is 0.921. The molecule has 4 heteroatoms. The van der Waals surface area contributed by atoms with E-state index in [0.29, 0.717) is 17.9 Å². The van der Waals surface area contributed by atoms with Crippen molar-refractivity contribution in [1.29, 1.82) is 0 Å². The maximum Gasteiger partial charge on any atom is 0.147 e. The number of aliphatic hydroxyl groups is 2. The third kappa shape index (κ3) is 5.30. The number of carbonyl (C=O) groups excluding carboxylic acids is 1. The van der Waals surface area contributed by atoms with E-state index in [0.717, 1.165) is 5.56 Å². The van der Waals surface area contributed by atoms with Gasteiger partial charge >= 0.3 is 0 Å². The predicted molar refractivity (Wildman–Crippen MR) is 65.6 cm³/mol. The zero-order chi connectivity index (χ0) is 11.8. The molecule has 0 saturated heterocycles. The molecule has 0 radical (unpaired) electrons. The van der Waals surface area contributed by atoms with Crippen LogP contribution >= 0.6 is 11.8 Å². The van der Waals surface area contributed by atoms with Crippen LogP contribution in [-0.4, -0.2) is 40.2 Å². The van der Waals surface area contributed by atoms with E-state index in [4.69, 9.17) is 10.2 Å². The fraction of sp³-hybridized carbons (Fsp3) is 0.417. The van der Waals surface area contributed by atoms with Crippen LogP contribution < -0.4 is 0 Å². The van der Waals surface area contributed by atoms with Crippen molar-refractivity contribution in [2.24, 2.45) is 0 Å². The summed E-state index contributed by atoms with van der Waals surface area (Å²) in [4.78, 5) is 11.5. The zero-order valence-electron chi connectivity index (χ0n) is 9.00. The van der Waals surface area contributed by atoms with Crippen LogP contribution in [0.25, 0.3) is 0 Å². The first-order valence-corrected chi connectivity index (χ1v) is 6.30. The predicted octanol–water partition coefficient (Wildman–Crippen LogP) is 0.885. The quantitative estimate of drug-likeness (QED) is 0.743. The molecule has 0 aliphatic rings. The molecular formula is C12H16O3S. The Hall–Kier alpha value is -0.840. The molecule has 16 heavy (non-hydrogen) atoms. The molecule has 1 atom stereocenters. The topological polar surface area (TPSA) is 57.5 Å². The smallest absolute Gasteiger partial charge is 0.147 e. The fourth-order valence-electron chi connectivity index (χ4n) is 1.24. The molecule has 1 rings (SSSR count). The van der Waals surface area contributed by atoms with Gasteiger partial charge in [-0.3, -0.25) is 4.79 Å². The van der Waals surface area contributed by atoms with Crippen LogP contribution in [0.3, 0.4) is 0 Å². The summed E-state index contributed by atoms with van der Waals surface area (Å²) >= 11 is 1.35. The van der Waals surface area contributed by atoms with Gasteiger partial charge in [-0.05, 0) is 5.56 Å². The van der Waals surface area contributed by atoms with Gasteiger partial charge in [0.25, 0.3) is 0 Å². The third-order valence-corrected chi connectivity index (χ3v) is 3.17. The van der Waals surface area contributed by atoms with Gasteiger partial charge < -0.3 is 10.2 Å². The Morgan fingerprint density at radius 3 is 2.62 bits per heavy atom. The zero-order valence-corrected chi connectivity index (χ0v) is 9.82. The minimum absolute atomic E-state index is 0.140. The maximum atomic E-state index is 11.5. The van der Waals surface area contributed by atoms with Gasteiger partial charge in [-0.2, -0.15) is 11.8 Å². The number of hydrogen-bond acceptors (Lipinski definition) is 4. The van der Waals surface area contributed by atoms with Crippen molar-refractivity contribution in [3.63, 3.8) is 0 Å². The van der Waals surface area contributed by atoms with Gasteiger partial charge in [-0.15, -0.1) is 0 Å². The Morgan fingerprint density at radius 1 is 1.31 bits per heavy atom. The fourth-order valence-corrected chi connectivity index (χ4v) is 2.06. The monoisotopic (exact) mass is 240 g/mol. The summed E-state index contributed by atoms with van der Waals surface area (Å²) in [7, 11) is 0. The van der Waals surface area contributed by atoms with Crippen molar-refractivity contribution in [2.75, 3.05) is 18.1 Å². The van der Waals surface area contributed by atoms with E-state index in [-0.39, 0.29) is 12.4 Å². The van der Waals surface area contributed by atoms with Crippen molar-refractivity contribution >= 4 is 17.5 Å². The van der Waals surface area contributed by atoms with Gasteiger partial charge in [-0.25, -0.2) is 0 Å². The van der Waals surface area contributed by atoms with Gasteiger partial charge in [0.2, 0.25) is 0 Å². The molecule has 1 aromatic rings. The minimum Gasteiger partial charge on any atom is -0.394 e. The van der Waals surface area contributed by atoms with Crippen LogP contribution in [0.2, 0.25) is 0 Å². The number of thioether (sulfide) groups is 1. The lowest BCUT2D eigenvalue weighted by Gasteiger charge is -2.05. The highest BCUT2D eigenvalue weighted by atomic mass is 32.2. The van der Waals surface area contributed by atoms with E-state index in [2.05, 4.69) is 0 Å². The SMILES string of the molecule is O=C(CSCC(O)CO)Cc1ccccc1. The van der Waals surface area contributed by atoms with Crippen LogP contribution in [0.1, 0.15) is 5.56 Å². The average molecular weight is 240 g/mol. The Balaban J connectivity index is 2.21. The van der Waals surface area contributed by atoms with Crippen molar-refractivity contribution in [1.82, 2.24) is 0 Å². The number of hydrogen-bond donors (Lipinski definition) is 2. The summed E-state index contributed by atoms with van der Waals surface area (Å²) in [5, 5.41) is 17.7. The molecule has 0 aromatic heterocycles. The van der Waals surface area contributed by atoms with Gasteiger partial charge in [0.05, 0.1) is 18.5 Å². The first-order valence-electron chi connectivity index (χ1n) is 5.14. The molecule has 1 aromatic carbocycles. The van der Waals surface area contributed by atoms with Crippen molar-refractivity contribution in [3.05, 3.63) is 35.9 Å². The van der Waals surface area contributed by atoms with E-state index in [9.17, 15) is 4.79 Å². The molecule has 0 fully saturated rings. The number of ketones is 1. The molecular weight excluding hydrogens is 224 g/mol. The lowest BCUT2D eigenvalue weighted by Crippen LogP contribution is -2.16. The highest BCUT2D eigenvalue weighted by Gasteiger charge is 2.06. The third-order valence-electron chi connectivity index (χ3n) is 2.03. The second-order valence-electron chi connectivity index (χ2n) is 3.55. The highest BCUT2D eigenvalue weighted by molar-refractivity contribution is 8.00. The van der Waals surface area contributed by atoms with Crippen LogP contribution in [0.15, 0.2) is 30.3 Å².